The minimum absolute atomic E-state index is 0.164. The monoisotopic (exact) mass is 291 g/mol. The third kappa shape index (κ3) is 4.45. The number of hydrogen-bond donors (Lipinski definition) is 1. The summed E-state index contributed by atoms with van der Waals surface area (Å²) in [4.78, 5) is 0. The predicted octanol–water partition coefficient (Wildman–Crippen LogP) is 4.41. The number of aryl methyl sites for hydroxylation is 1. The molecule has 0 fully saturated rings. The Morgan fingerprint density at radius 2 is 1.76 bits per heavy atom. The van der Waals surface area contributed by atoms with Crippen LogP contribution in [0.5, 0.6) is 5.75 Å². The first kappa shape index (κ1) is 15.3. The van der Waals surface area contributed by atoms with Gasteiger partial charge in [0, 0.05) is 17.8 Å². The smallest absolute Gasteiger partial charge is 0.160 e. The predicted molar refractivity (Wildman–Crippen MR) is 80.8 cm³/mol. The van der Waals surface area contributed by atoms with E-state index < -0.39 is 11.6 Å². The van der Waals surface area contributed by atoms with E-state index in [2.05, 4.69) is 5.32 Å². The molecule has 0 aliphatic carbocycles. The van der Waals surface area contributed by atoms with Gasteiger partial charge in [-0.25, -0.2) is 8.78 Å². The molecule has 0 aliphatic heterocycles. The molecule has 2 aromatic carbocycles. The van der Waals surface area contributed by atoms with E-state index in [1.807, 2.05) is 31.2 Å². The first-order chi connectivity index (χ1) is 10.1. The zero-order valence-electron chi connectivity index (χ0n) is 12.2. The maximum atomic E-state index is 13.1. The van der Waals surface area contributed by atoms with Crippen molar-refractivity contribution in [3.05, 3.63) is 59.7 Å². The van der Waals surface area contributed by atoms with Gasteiger partial charge in [-0.2, -0.15) is 0 Å². The van der Waals surface area contributed by atoms with Crippen LogP contribution in [-0.2, 0) is 6.42 Å². The van der Waals surface area contributed by atoms with Gasteiger partial charge >= 0.3 is 0 Å². The van der Waals surface area contributed by atoms with Crippen LogP contribution in [0.1, 0.15) is 18.9 Å². The van der Waals surface area contributed by atoms with Crippen LogP contribution in [0.15, 0.2) is 42.5 Å². The van der Waals surface area contributed by atoms with Gasteiger partial charge in [0.15, 0.2) is 11.6 Å². The molecule has 1 atom stereocenters. The fourth-order valence-electron chi connectivity index (χ4n) is 2.12. The molecule has 0 saturated heterocycles. The third-order valence-electron chi connectivity index (χ3n) is 3.36. The van der Waals surface area contributed by atoms with E-state index >= 15 is 0 Å². The Kier molecular flexibility index (Phi) is 5.14. The molecule has 0 heterocycles. The second-order valence-corrected chi connectivity index (χ2v) is 5.06. The Hall–Kier alpha value is -2.10. The van der Waals surface area contributed by atoms with E-state index in [0.717, 1.165) is 24.7 Å². The van der Waals surface area contributed by atoms with Crippen LogP contribution in [-0.4, -0.2) is 13.2 Å². The lowest BCUT2D eigenvalue weighted by Gasteiger charge is -2.15. The summed E-state index contributed by atoms with van der Waals surface area (Å²) in [5.41, 5.74) is 1.81. The van der Waals surface area contributed by atoms with Gasteiger partial charge in [-0.15, -0.1) is 0 Å². The summed E-state index contributed by atoms with van der Waals surface area (Å²) < 4.78 is 31.1. The molecule has 0 radical (unpaired) electrons. The second kappa shape index (κ2) is 7.07. The van der Waals surface area contributed by atoms with Crippen molar-refractivity contribution < 1.29 is 13.5 Å². The maximum absolute atomic E-state index is 13.1. The highest BCUT2D eigenvalue weighted by Crippen LogP contribution is 2.17. The van der Waals surface area contributed by atoms with Crippen LogP contribution in [0.2, 0.25) is 0 Å². The van der Waals surface area contributed by atoms with Crippen LogP contribution < -0.4 is 10.1 Å². The van der Waals surface area contributed by atoms with Crippen molar-refractivity contribution in [3.63, 3.8) is 0 Å². The number of ether oxygens (including phenoxy) is 1. The number of halogens is 2. The van der Waals surface area contributed by atoms with Crippen molar-refractivity contribution in [2.75, 3.05) is 12.4 Å². The molecular formula is C17H19F2NO. The largest absolute Gasteiger partial charge is 0.497 e. The second-order valence-electron chi connectivity index (χ2n) is 5.06. The van der Waals surface area contributed by atoms with E-state index in [9.17, 15) is 8.78 Å². The summed E-state index contributed by atoms with van der Waals surface area (Å²) in [7, 11) is 1.64. The molecule has 0 saturated carbocycles. The van der Waals surface area contributed by atoms with Crippen LogP contribution in [0.4, 0.5) is 14.5 Å². The molecule has 0 unspecified atom stereocenters. The van der Waals surface area contributed by atoms with Crippen LogP contribution >= 0.6 is 0 Å². The zero-order valence-corrected chi connectivity index (χ0v) is 12.2. The quantitative estimate of drug-likeness (QED) is 0.851. The highest BCUT2D eigenvalue weighted by atomic mass is 19.2. The number of methoxy groups -OCH3 is 1. The van der Waals surface area contributed by atoms with Gasteiger partial charge in [0.05, 0.1) is 7.11 Å². The van der Waals surface area contributed by atoms with Gasteiger partial charge in [0.2, 0.25) is 0 Å². The molecule has 0 spiro atoms. The number of rotatable bonds is 6. The molecule has 112 valence electrons. The average molecular weight is 291 g/mol. The molecule has 0 bridgehead atoms. The van der Waals surface area contributed by atoms with E-state index in [0.29, 0.717) is 5.69 Å². The van der Waals surface area contributed by atoms with Crippen molar-refractivity contribution in [1.29, 1.82) is 0 Å². The Bertz CT molecular complexity index is 584. The number of hydrogen-bond acceptors (Lipinski definition) is 2. The van der Waals surface area contributed by atoms with Gasteiger partial charge in [-0.05, 0) is 49.6 Å². The molecule has 0 amide bonds. The summed E-state index contributed by atoms with van der Waals surface area (Å²) >= 11 is 0. The van der Waals surface area contributed by atoms with Crippen molar-refractivity contribution in [2.24, 2.45) is 0 Å². The van der Waals surface area contributed by atoms with E-state index in [4.69, 9.17) is 4.74 Å². The van der Waals surface area contributed by atoms with Crippen molar-refractivity contribution in [3.8, 4) is 5.75 Å². The summed E-state index contributed by atoms with van der Waals surface area (Å²) in [6.45, 7) is 2.02. The zero-order chi connectivity index (χ0) is 15.2. The number of nitrogens with one attached hydrogen (secondary N) is 1. The molecule has 2 rings (SSSR count). The summed E-state index contributed by atoms with van der Waals surface area (Å²) in [6.07, 6.45) is 1.80. The molecule has 21 heavy (non-hydrogen) atoms. The summed E-state index contributed by atoms with van der Waals surface area (Å²) in [6, 6.07) is 11.9. The van der Waals surface area contributed by atoms with Crippen LogP contribution in [0.3, 0.4) is 0 Å². The number of benzene rings is 2. The topological polar surface area (TPSA) is 21.3 Å². The maximum Gasteiger partial charge on any atom is 0.160 e. The van der Waals surface area contributed by atoms with Gasteiger partial charge in [0.25, 0.3) is 0 Å². The highest BCUT2D eigenvalue weighted by molar-refractivity contribution is 5.44. The van der Waals surface area contributed by atoms with Gasteiger partial charge in [-0.1, -0.05) is 12.1 Å². The molecule has 1 N–H and O–H groups in total. The first-order valence-electron chi connectivity index (χ1n) is 6.93. The molecular weight excluding hydrogens is 272 g/mol. The first-order valence-corrected chi connectivity index (χ1v) is 6.93. The Morgan fingerprint density at radius 1 is 1.05 bits per heavy atom. The van der Waals surface area contributed by atoms with E-state index in [1.54, 1.807) is 13.2 Å². The molecule has 2 aromatic rings. The lowest BCUT2D eigenvalue weighted by atomic mass is 10.1. The Labute approximate surface area is 123 Å². The van der Waals surface area contributed by atoms with Crippen molar-refractivity contribution >= 4 is 5.69 Å². The Balaban J connectivity index is 1.86. The van der Waals surface area contributed by atoms with Gasteiger partial charge in [-0.3, -0.25) is 0 Å². The van der Waals surface area contributed by atoms with E-state index in [1.165, 1.54) is 11.6 Å². The van der Waals surface area contributed by atoms with Gasteiger partial charge < -0.3 is 10.1 Å². The minimum Gasteiger partial charge on any atom is -0.497 e. The number of anilines is 1. The van der Waals surface area contributed by atoms with Crippen molar-refractivity contribution in [2.45, 2.75) is 25.8 Å². The fraction of sp³-hybridized carbons (Fsp3) is 0.294. The normalized spacial score (nSPS) is 12.0. The summed E-state index contributed by atoms with van der Waals surface area (Å²) in [5.74, 6) is -0.819. The van der Waals surface area contributed by atoms with Gasteiger partial charge in [0.1, 0.15) is 5.75 Å². The molecule has 0 aromatic heterocycles. The SMILES string of the molecule is COc1ccc(CC[C@@H](C)Nc2ccc(F)c(F)c2)cc1. The van der Waals surface area contributed by atoms with Crippen LogP contribution in [0.25, 0.3) is 0 Å². The average Bonchev–Trinajstić information content (AvgIpc) is 2.49. The molecule has 0 aliphatic rings. The van der Waals surface area contributed by atoms with E-state index in [-0.39, 0.29) is 6.04 Å². The molecule has 4 heteroatoms. The van der Waals surface area contributed by atoms with Crippen molar-refractivity contribution in [1.82, 2.24) is 0 Å². The minimum atomic E-state index is -0.831. The lowest BCUT2D eigenvalue weighted by molar-refractivity contribution is 0.414. The highest BCUT2D eigenvalue weighted by Gasteiger charge is 2.06. The third-order valence-corrected chi connectivity index (χ3v) is 3.36. The summed E-state index contributed by atoms with van der Waals surface area (Å²) in [5, 5.41) is 3.17. The fourth-order valence-corrected chi connectivity index (χ4v) is 2.12. The standard InChI is InChI=1S/C17H19F2NO/c1-12(20-14-7-10-16(18)17(19)11-14)3-4-13-5-8-15(21-2)9-6-13/h5-12,20H,3-4H2,1-2H3/t12-/m1/s1. The molecule has 2 nitrogen and oxygen atoms in total. The van der Waals surface area contributed by atoms with Crippen LogP contribution in [0, 0.1) is 11.6 Å². The Morgan fingerprint density at radius 3 is 2.38 bits per heavy atom. The lowest BCUT2D eigenvalue weighted by Crippen LogP contribution is -2.16.